The van der Waals surface area contributed by atoms with Crippen LogP contribution in [0.25, 0.3) is 21.8 Å². The number of carbonyl (C=O) groups is 5. The van der Waals surface area contributed by atoms with Gasteiger partial charge in [-0.2, -0.15) is 0 Å². The van der Waals surface area contributed by atoms with E-state index in [1.165, 1.54) is 40.5 Å². The molecule has 0 bridgehead atoms. The lowest BCUT2D eigenvalue weighted by molar-refractivity contribution is -0.144. The number of anilines is 1. The van der Waals surface area contributed by atoms with E-state index >= 15 is 0 Å². The van der Waals surface area contributed by atoms with Gasteiger partial charge in [0.1, 0.15) is 17.8 Å². The molecule has 1 saturated heterocycles. The molecule has 1 aliphatic heterocycles. The Hall–Kier alpha value is -5.84. The number of likely N-dealkylation sites (tertiary alicyclic amines) is 1. The van der Waals surface area contributed by atoms with Gasteiger partial charge in [0, 0.05) is 55.2 Å². The number of pyridine rings is 1. The summed E-state index contributed by atoms with van der Waals surface area (Å²) in [6, 6.07) is 17.4. The van der Waals surface area contributed by atoms with Gasteiger partial charge in [-0.25, -0.2) is 9.97 Å². The number of nitrogens with zero attached hydrogens (tertiary/aromatic N) is 4. The van der Waals surface area contributed by atoms with Crippen LogP contribution >= 0.6 is 22.7 Å². The molecule has 5 amide bonds. The van der Waals surface area contributed by atoms with E-state index in [0.717, 1.165) is 21.7 Å². The van der Waals surface area contributed by atoms with Crippen LogP contribution in [0.15, 0.2) is 83.8 Å². The maximum Gasteiger partial charge on any atom is 0.257 e. The third-order valence-electron chi connectivity index (χ3n) is 9.41. The highest BCUT2D eigenvalue weighted by molar-refractivity contribution is 7.14. The van der Waals surface area contributed by atoms with E-state index in [1.54, 1.807) is 49.2 Å². The quantitative estimate of drug-likeness (QED) is 0.111. The van der Waals surface area contributed by atoms with E-state index in [-0.39, 0.29) is 38.4 Å². The summed E-state index contributed by atoms with van der Waals surface area (Å²) < 4.78 is 0. The third kappa shape index (κ3) is 10.3. The highest BCUT2D eigenvalue weighted by Crippen LogP contribution is 2.29. The number of aromatic nitrogens is 3. The number of carbonyl (C=O) groups excluding carboxylic acids is 5. The number of hydrogen-bond acceptors (Lipinski definition) is 11. The highest BCUT2D eigenvalue weighted by Gasteiger charge is 2.44. The standard InChI is InChI=1S/C41H44N8O6S2/c1-24-34(57-23-45-24)26-10-8-25(9-11-26)20-44-38(54)32-19-29(50)21-49(32)39(55)35(41(2,3)4)47-33(51)16-18-43-36(52)27-12-14-28(15-13-27)37(53)48-40-46-31(22-56-40)30-7-5-6-17-42-30/h5-15,17,22-23,29,32,35,50H,16,18-21H2,1-4H3,(H,43,52)(H,44,54)(H,47,51)(H,46,48,53)/t29-,32?,35+/m1/s1. The maximum atomic E-state index is 14.0. The van der Waals surface area contributed by atoms with Crippen LogP contribution in [0.5, 0.6) is 0 Å². The second-order valence-corrected chi connectivity index (χ2v) is 16.4. The van der Waals surface area contributed by atoms with Gasteiger partial charge in [0.25, 0.3) is 11.8 Å². The lowest BCUT2D eigenvalue weighted by Crippen LogP contribution is -2.57. The monoisotopic (exact) mass is 808 g/mol. The zero-order chi connectivity index (χ0) is 40.7. The molecule has 296 valence electrons. The first-order valence-corrected chi connectivity index (χ1v) is 20.1. The maximum absolute atomic E-state index is 14.0. The molecule has 1 unspecified atom stereocenters. The van der Waals surface area contributed by atoms with E-state index < -0.39 is 47.2 Å². The van der Waals surface area contributed by atoms with Crippen molar-refractivity contribution in [1.82, 2.24) is 35.8 Å². The number of hydrogen-bond donors (Lipinski definition) is 5. The SMILES string of the molecule is Cc1ncsc1-c1ccc(CNC(=O)C2C[C@@H](O)CN2C(=O)[C@H](NC(=O)CCNC(=O)c2ccc(C(=O)Nc3nc(-c4ccccn4)cs3)cc2)C(C)(C)C)cc1. The van der Waals surface area contributed by atoms with E-state index in [0.29, 0.717) is 27.6 Å². The number of aryl methyl sites for hydroxylation is 1. The first kappa shape index (κ1) is 40.8. The Morgan fingerprint density at radius 1 is 0.895 bits per heavy atom. The molecule has 6 rings (SSSR count). The van der Waals surface area contributed by atoms with E-state index in [1.807, 2.05) is 49.4 Å². The summed E-state index contributed by atoms with van der Waals surface area (Å²) in [5, 5.41) is 23.9. The topological polar surface area (TPSA) is 196 Å². The molecule has 3 aromatic heterocycles. The largest absolute Gasteiger partial charge is 0.391 e. The molecule has 1 aliphatic rings. The van der Waals surface area contributed by atoms with Crippen molar-refractivity contribution in [3.05, 3.63) is 106 Å². The molecule has 0 aliphatic carbocycles. The Morgan fingerprint density at radius 3 is 2.26 bits per heavy atom. The van der Waals surface area contributed by atoms with Crippen molar-refractivity contribution in [1.29, 1.82) is 0 Å². The predicted molar refractivity (Wildman–Crippen MR) is 218 cm³/mol. The summed E-state index contributed by atoms with van der Waals surface area (Å²) in [7, 11) is 0. The summed E-state index contributed by atoms with van der Waals surface area (Å²) in [5.74, 6) is -2.17. The van der Waals surface area contributed by atoms with Crippen molar-refractivity contribution in [2.75, 3.05) is 18.4 Å². The third-order valence-corrected chi connectivity index (χ3v) is 11.1. The number of aliphatic hydroxyl groups excluding tert-OH is 1. The average molecular weight is 809 g/mol. The van der Waals surface area contributed by atoms with Gasteiger partial charge in [0.05, 0.1) is 27.9 Å². The molecule has 4 heterocycles. The first-order chi connectivity index (χ1) is 27.3. The molecule has 0 saturated carbocycles. The molecular weight excluding hydrogens is 765 g/mol. The van der Waals surface area contributed by atoms with Crippen LogP contribution in [0.2, 0.25) is 0 Å². The highest BCUT2D eigenvalue weighted by atomic mass is 32.1. The van der Waals surface area contributed by atoms with Gasteiger partial charge in [-0.1, -0.05) is 51.1 Å². The fourth-order valence-electron chi connectivity index (χ4n) is 6.31. The minimum Gasteiger partial charge on any atom is -0.391 e. The summed E-state index contributed by atoms with van der Waals surface area (Å²) in [6.07, 6.45) is 0.725. The summed E-state index contributed by atoms with van der Waals surface area (Å²) in [6.45, 7) is 7.54. The molecule has 5 N–H and O–H groups in total. The second kappa shape index (κ2) is 18.0. The van der Waals surface area contributed by atoms with Gasteiger partial charge < -0.3 is 26.0 Å². The minimum atomic E-state index is -1.01. The Kier molecular flexibility index (Phi) is 12.9. The minimum absolute atomic E-state index is 0.0150. The normalized spacial score (nSPS) is 15.8. The number of β-amino-alcohol motifs (C(OH)–C–C–N with tert-alkyl or cyclic N) is 1. The van der Waals surface area contributed by atoms with Crippen molar-refractivity contribution < 1.29 is 29.1 Å². The number of aliphatic hydroxyl groups is 1. The summed E-state index contributed by atoms with van der Waals surface area (Å²) in [4.78, 5) is 81.6. The van der Waals surface area contributed by atoms with Gasteiger partial charge in [-0.15, -0.1) is 22.7 Å². The molecule has 57 heavy (non-hydrogen) atoms. The fraction of sp³-hybridized carbons (Fsp3) is 0.317. The predicted octanol–water partition coefficient (Wildman–Crippen LogP) is 4.82. The molecule has 16 heteroatoms. The molecule has 0 spiro atoms. The number of thiazole rings is 2. The van der Waals surface area contributed by atoms with Crippen LogP contribution in [0.4, 0.5) is 5.13 Å². The van der Waals surface area contributed by atoms with E-state index in [4.69, 9.17) is 0 Å². The van der Waals surface area contributed by atoms with Crippen molar-refractivity contribution in [3.63, 3.8) is 0 Å². The lowest BCUT2D eigenvalue weighted by Gasteiger charge is -2.35. The Morgan fingerprint density at radius 2 is 1.61 bits per heavy atom. The Bertz CT molecular complexity index is 2220. The molecular formula is C41H44N8O6S2. The molecule has 5 aromatic rings. The van der Waals surface area contributed by atoms with E-state index in [9.17, 15) is 29.1 Å². The van der Waals surface area contributed by atoms with Crippen LogP contribution in [0, 0.1) is 12.3 Å². The molecule has 2 aromatic carbocycles. The van der Waals surface area contributed by atoms with Gasteiger partial charge in [-0.3, -0.25) is 34.3 Å². The Balaban J connectivity index is 0.979. The lowest BCUT2D eigenvalue weighted by atomic mass is 9.85. The van der Waals surface area contributed by atoms with Gasteiger partial charge in [0.15, 0.2) is 5.13 Å². The summed E-state index contributed by atoms with van der Waals surface area (Å²) >= 11 is 2.84. The summed E-state index contributed by atoms with van der Waals surface area (Å²) in [5.41, 5.74) is 5.89. The van der Waals surface area contributed by atoms with Gasteiger partial charge >= 0.3 is 0 Å². The van der Waals surface area contributed by atoms with Crippen LogP contribution < -0.4 is 21.3 Å². The van der Waals surface area contributed by atoms with Crippen molar-refractivity contribution in [3.8, 4) is 21.8 Å². The van der Waals surface area contributed by atoms with Crippen LogP contribution in [-0.4, -0.2) is 85.8 Å². The molecule has 0 radical (unpaired) electrons. The van der Waals surface area contributed by atoms with Crippen LogP contribution in [0.1, 0.15) is 65.6 Å². The zero-order valence-electron chi connectivity index (χ0n) is 31.9. The van der Waals surface area contributed by atoms with Gasteiger partial charge in [0.2, 0.25) is 17.7 Å². The molecule has 14 nitrogen and oxygen atoms in total. The van der Waals surface area contributed by atoms with Crippen molar-refractivity contribution >= 4 is 57.3 Å². The van der Waals surface area contributed by atoms with Crippen LogP contribution in [0.3, 0.4) is 0 Å². The smallest absolute Gasteiger partial charge is 0.257 e. The second-order valence-electron chi connectivity index (χ2n) is 14.7. The number of rotatable bonds is 13. The Labute approximate surface area is 338 Å². The molecule has 3 atom stereocenters. The van der Waals surface area contributed by atoms with E-state index in [2.05, 4.69) is 36.2 Å². The molecule has 1 fully saturated rings. The number of nitrogens with one attached hydrogen (secondary N) is 4. The van der Waals surface area contributed by atoms with Crippen molar-refractivity contribution in [2.45, 2.75) is 65.3 Å². The first-order valence-electron chi connectivity index (χ1n) is 18.4. The zero-order valence-corrected chi connectivity index (χ0v) is 33.6. The van der Waals surface area contributed by atoms with Gasteiger partial charge in [-0.05, 0) is 59.9 Å². The van der Waals surface area contributed by atoms with Crippen molar-refractivity contribution in [2.24, 2.45) is 5.41 Å². The van der Waals surface area contributed by atoms with Crippen LogP contribution in [-0.2, 0) is 20.9 Å². The average Bonchev–Trinajstić information content (AvgIpc) is 3.96. The number of amides is 5. The fourth-order valence-corrected chi connectivity index (χ4v) is 7.82. The number of benzene rings is 2.